The van der Waals surface area contributed by atoms with E-state index in [0.717, 1.165) is 4.31 Å². The molecule has 0 bridgehead atoms. The van der Waals surface area contributed by atoms with Crippen molar-refractivity contribution in [1.82, 2.24) is 9.21 Å². The van der Waals surface area contributed by atoms with Gasteiger partial charge in [0.2, 0.25) is 15.9 Å². The van der Waals surface area contributed by atoms with Gasteiger partial charge in [0.1, 0.15) is 12.4 Å². The predicted molar refractivity (Wildman–Crippen MR) is 113 cm³/mol. The van der Waals surface area contributed by atoms with Crippen LogP contribution in [0, 0.1) is 5.82 Å². The number of ether oxygens (including phenoxy) is 1. The Hall–Kier alpha value is -2.82. The Bertz CT molecular complexity index is 1090. The lowest BCUT2D eigenvalue weighted by Gasteiger charge is -2.38. The molecule has 1 saturated heterocycles. The van der Waals surface area contributed by atoms with Crippen LogP contribution in [-0.2, 0) is 30.1 Å². The van der Waals surface area contributed by atoms with E-state index in [1.165, 1.54) is 44.2 Å². The monoisotopic (exact) mass is 449 g/mol. The zero-order valence-corrected chi connectivity index (χ0v) is 18.2. The third kappa shape index (κ3) is 5.09. The molecule has 2 atom stereocenters. The largest absolute Gasteiger partial charge is 0.356 e. The summed E-state index contributed by atoms with van der Waals surface area (Å²) in [5.41, 5.74) is 1.03. The van der Waals surface area contributed by atoms with Gasteiger partial charge in [-0.05, 0) is 23.8 Å². The molecule has 0 saturated carbocycles. The fraction of sp³-hybridized carbons (Fsp3) is 0.333. The maximum Gasteiger partial charge on any atom is 0.256 e. The topological polar surface area (TPSA) is 96.0 Å². The molecule has 31 heavy (non-hydrogen) atoms. The fourth-order valence-electron chi connectivity index (χ4n) is 3.31. The third-order valence-corrected chi connectivity index (χ3v) is 6.88. The van der Waals surface area contributed by atoms with Crippen molar-refractivity contribution in [1.29, 1.82) is 0 Å². The smallest absolute Gasteiger partial charge is 0.256 e. The third-order valence-electron chi connectivity index (χ3n) is 5.07. The van der Waals surface area contributed by atoms with E-state index in [-0.39, 0.29) is 23.8 Å². The standard InChI is InChI=1S/C21H24FN3O5S/c1-24(2)31(28,29)13-14-7-6-8-15(11-14)23-21(27)20-19(25(3)18(26)12-30-20)16-9-4-5-10-17(16)22/h4-11,19-20H,12-13H2,1-3H3,(H,23,27)/t19-,20+/m1/s1. The molecule has 3 rings (SSSR count). The highest BCUT2D eigenvalue weighted by Gasteiger charge is 2.41. The summed E-state index contributed by atoms with van der Waals surface area (Å²) in [6.07, 6.45) is -1.14. The molecule has 0 aromatic heterocycles. The van der Waals surface area contributed by atoms with E-state index in [1.807, 2.05) is 0 Å². The van der Waals surface area contributed by atoms with Crippen LogP contribution < -0.4 is 5.32 Å². The lowest BCUT2D eigenvalue weighted by Crippen LogP contribution is -2.51. The first-order chi connectivity index (χ1) is 14.6. The second-order valence-corrected chi connectivity index (χ2v) is 9.61. The van der Waals surface area contributed by atoms with Crippen LogP contribution in [0.25, 0.3) is 0 Å². The predicted octanol–water partition coefficient (Wildman–Crippen LogP) is 1.75. The maximum atomic E-state index is 14.4. The Balaban J connectivity index is 1.84. The maximum absolute atomic E-state index is 14.4. The van der Waals surface area contributed by atoms with E-state index < -0.39 is 33.9 Å². The van der Waals surface area contributed by atoms with Gasteiger partial charge in [-0.15, -0.1) is 0 Å². The first-order valence-corrected chi connectivity index (χ1v) is 11.1. The molecule has 166 valence electrons. The van der Waals surface area contributed by atoms with Crippen molar-refractivity contribution >= 4 is 27.5 Å². The van der Waals surface area contributed by atoms with Crippen LogP contribution in [-0.4, -0.2) is 63.3 Å². The highest BCUT2D eigenvalue weighted by atomic mass is 32.2. The number of morpholine rings is 1. The molecule has 0 spiro atoms. The normalized spacial score (nSPS) is 19.5. The summed E-state index contributed by atoms with van der Waals surface area (Å²) in [6, 6.07) is 11.4. The average Bonchev–Trinajstić information content (AvgIpc) is 2.70. The van der Waals surface area contributed by atoms with Crippen LogP contribution in [0.2, 0.25) is 0 Å². The van der Waals surface area contributed by atoms with Gasteiger partial charge in [0.05, 0.1) is 11.8 Å². The first-order valence-electron chi connectivity index (χ1n) is 9.52. The van der Waals surface area contributed by atoms with Crippen LogP contribution in [0.4, 0.5) is 10.1 Å². The summed E-state index contributed by atoms with van der Waals surface area (Å²) in [6.45, 7) is -0.305. The summed E-state index contributed by atoms with van der Waals surface area (Å²) >= 11 is 0. The zero-order valence-electron chi connectivity index (χ0n) is 17.4. The highest BCUT2D eigenvalue weighted by molar-refractivity contribution is 7.88. The lowest BCUT2D eigenvalue weighted by atomic mass is 9.97. The Morgan fingerprint density at radius 1 is 1.23 bits per heavy atom. The molecule has 2 aromatic carbocycles. The molecule has 1 fully saturated rings. The van der Waals surface area contributed by atoms with Crippen LogP contribution in [0.1, 0.15) is 17.2 Å². The van der Waals surface area contributed by atoms with Gasteiger partial charge < -0.3 is 15.0 Å². The minimum atomic E-state index is -3.47. The number of hydrogen-bond donors (Lipinski definition) is 1. The van der Waals surface area contributed by atoms with Gasteiger partial charge >= 0.3 is 0 Å². The summed E-state index contributed by atoms with van der Waals surface area (Å²) < 4.78 is 45.3. The second-order valence-electron chi connectivity index (χ2n) is 7.43. The first kappa shape index (κ1) is 22.9. The molecule has 8 nitrogen and oxygen atoms in total. The number of carbonyl (C=O) groups is 2. The molecule has 1 aliphatic rings. The molecule has 1 heterocycles. The van der Waals surface area contributed by atoms with Gasteiger partial charge in [-0.25, -0.2) is 17.1 Å². The van der Waals surface area contributed by atoms with Crippen molar-refractivity contribution in [2.45, 2.75) is 17.9 Å². The van der Waals surface area contributed by atoms with E-state index in [4.69, 9.17) is 4.74 Å². The molecule has 0 aliphatic carbocycles. The number of anilines is 1. The van der Waals surface area contributed by atoms with E-state index in [1.54, 1.807) is 30.3 Å². The Morgan fingerprint density at radius 3 is 2.61 bits per heavy atom. The molecule has 1 aliphatic heterocycles. The SMILES string of the molecule is CN1C(=O)CO[C@H](C(=O)Nc2cccc(CS(=O)(=O)N(C)C)c2)[C@H]1c1ccccc1F. The molecule has 0 radical (unpaired) electrons. The van der Waals surface area contributed by atoms with Gasteiger partial charge in [-0.2, -0.15) is 0 Å². The average molecular weight is 450 g/mol. The fourth-order valence-corrected chi connectivity index (χ4v) is 4.17. The molecular weight excluding hydrogens is 425 g/mol. The summed E-state index contributed by atoms with van der Waals surface area (Å²) in [5.74, 6) is -1.71. The van der Waals surface area contributed by atoms with Crippen molar-refractivity contribution < 1.29 is 27.1 Å². The van der Waals surface area contributed by atoms with Crippen molar-refractivity contribution in [3.63, 3.8) is 0 Å². The van der Waals surface area contributed by atoms with Crippen LogP contribution in [0.3, 0.4) is 0 Å². The van der Waals surface area contributed by atoms with Crippen LogP contribution in [0.5, 0.6) is 0 Å². The van der Waals surface area contributed by atoms with Crippen LogP contribution in [0.15, 0.2) is 48.5 Å². The summed E-state index contributed by atoms with van der Waals surface area (Å²) in [7, 11) is 0.918. The molecular formula is C21H24FN3O5S. The minimum absolute atomic E-state index is 0.170. The van der Waals surface area contributed by atoms with Gasteiger partial charge in [-0.3, -0.25) is 9.59 Å². The van der Waals surface area contributed by atoms with Gasteiger partial charge in [-0.1, -0.05) is 30.3 Å². The van der Waals surface area contributed by atoms with E-state index in [2.05, 4.69) is 5.32 Å². The van der Waals surface area contributed by atoms with E-state index in [9.17, 15) is 22.4 Å². The Kier molecular flexibility index (Phi) is 6.73. The number of halogens is 1. The Morgan fingerprint density at radius 2 is 1.94 bits per heavy atom. The Labute approximate surface area is 180 Å². The van der Waals surface area contributed by atoms with Gasteiger partial charge in [0.25, 0.3) is 5.91 Å². The van der Waals surface area contributed by atoms with Crippen molar-refractivity contribution in [3.05, 3.63) is 65.5 Å². The molecule has 1 N–H and O–H groups in total. The van der Waals surface area contributed by atoms with E-state index >= 15 is 0 Å². The second kappa shape index (κ2) is 9.13. The minimum Gasteiger partial charge on any atom is -0.356 e. The molecule has 2 aromatic rings. The molecule has 2 amide bonds. The van der Waals surface area contributed by atoms with Crippen molar-refractivity contribution in [2.24, 2.45) is 0 Å². The highest BCUT2D eigenvalue weighted by Crippen LogP contribution is 2.31. The summed E-state index contributed by atoms with van der Waals surface area (Å²) in [5, 5.41) is 2.69. The van der Waals surface area contributed by atoms with Gasteiger partial charge in [0, 0.05) is 32.4 Å². The number of hydrogen-bond acceptors (Lipinski definition) is 5. The number of likely N-dealkylation sites (N-methyl/N-ethyl adjacent to an activating group) is 1. The number of sulfonamides is 1. The molecule has 10 heteroatoms. The number of nitrogens with one attached hydrogen (secondary N) is 1. The summed E-state index contributed by atoms with van der Waals surface area (Å²) in [4.78, 5) is 26.4. The number of carbonyl (C=O) groups excluding carboxylic acids is 2. The molecule has 0 unspecified atom stereocenters. The van der Waals surface area contributed by atoms with E-state index in [0.29, 0.717) is 11.3 Å². The number of rotatable bonds is 6. The lowest BCUT2D eigenvalue weighted by molar-refractivity contribution is -0.160. The number of nitrogens with zero attached hydrogens (tertiary/aromatic N) is 2. The van der Waals surface area contributed by atoms with Crippen molar-refractivity contribution in [2.75, 3.05) is 33.1 Å². The van der Waals surface area contributed by atoms with Crippen LogP contribution >= 0.6 is 0 Å². The quantitative estimate of drug-likeness (QED) is 0.725. The zero-order chi connectivity index (χ0) is 22.8. The van der Waals surface area contributed by atoms with Crippen molar-refractivity contribution in [3.8, 4) is 0 Å². The van der Waals surface area contributed by atoms with Gasteiger partial charge in [0.15, 0.2) is 6.10 Å². The number of benzene rings is 2. The number of amides is 2.